The molecule has 2 atom stereocenters. The minimum absolute atomic E-state index is 0.109. The summed E-state index contributed by atoms with van der Waals surface area (Å²) in [5, 5.41) is 14.6. The molecular weight excluding hydrogens is 396 g/mol. The number of imidazole rings is 1. The number of hydrogen-bond acceptors (Lipinski definition) is 6. The predicted molar refractivity (Wildman–Crippen MR) is 122 cm³/mol. The third-order valence-corrected chi connectivity index (χ3v) is 6.70. The fourth-order valence-electron chi connectivity index (χ4n) is 4.19. The molecule has 6 nitrogen and oxygen atoms in total. The van der Waals surface area contributed by atoms with Crippen molar-refractivity contribution in [1.29, 1.82) is 0 Å². The Morgan fingerprint density at radius 3 is 2.93 bits per heavy atom. The zero-order valence-electron chi connectivity index (χ0n) is 17.0. The van der Waals surface area contributed by atoms with Gasteiger partial charge in [0, 0.05) is 12.6 Å². The highest BCUT2D eigenvalue weighted by Crippen LogP contribution is 2.30. The van der Waals surface area contributed by atoms with E-state index in [1.54, 1.807) is 11.3 Å². The molecule has 1 fully saturated rings. The number of hydrogen-bond donors (Lipinski definition) is 2. The van der Waals surface area contributed by atoms with Gasteiger partial charge in [-0.15, -0.1) is 0 Å². The zero-order chi connectivity index (χ0) is 20.5. The summed E-state index contributed by atoms with van der Waals surface area (Å²) in [6.07, 6.45) is 5.75. The molecular formula is C23H26N4O2S. The number of aliphatic hydroxyl groups is 1. The first kappa shape index (κ1) is 19.3. The van der Waals surface area contributed by atoms with E-state index in [4.69, 9.17) is 9.72 Å². The average Bonchev–Trinajstić information content (AvgIpc) is 3.33. The molecule has 7 heteroatoms. The normalized spacial score (nSPS) is 19.4. The molecule has 0 spiro atoms. The summed E-state index contributed by atoms with van der Waals surface area (Å²) in [5.74, 6) is 0.851. The van der Waals surface area contributed by atoms with E-state index in [2.05, 4.69) is 39.1 Å². The van der Waals surface area contributed by atoms with E-state index in [1.807, 2.05) is 25.4 Å². The van der Waals surface area contributed by atoms with Crippen LogP contribution in [0.1, 0.15) is 38.2 Å². The highest BCUT2D eigenvalue weighted by atomic mass is 32.1. The Bertz CT molecular complexity index is 1170. The van der Waals surface area contributed by atoms with Crippen molar-refractivity contribution in [3.05, 3.63) is 48.3 Å². The summed E-state index contributed by atoms with van der Waals surface area (Å²) < 4.78 is 8.89. The summed E-state index contributed by atoms with van der Waals surface area (Å²) in [7, 11) is 0. The van der Waals surface area contributed by atoms with E-state index in [0.29, 0.717) is 6.61 Å². The highest BCUT2D eigenvalue weighted by Gasteiger charge is 2.23. The number of ether oxygens (including phenoxy) is 1. The highest BCUT2D eigenvalue weighted by molar-refractivity contribution is 7.22. The molecule has 156 valence electrons. The number of nitrogens with zero attached hydrogens (tertiary/aromatic N) is 3. The van der Waals surface area contributed by atoms with Crippen LogP contribution in [0.25, 0.3) is 21.3 Å². The van der Waals surface area contributed by atoms with Crippen molar-refractivity contribution in [2.45, 2.75) is 51.3 Å². The Balaban J connectivity index is 1.35. The summed E-state index contributed by atoms with van der Waals surface area (Å²) in [6, 6.07) is 12.6. The number of aliphatic hydroxyl groups excluding tert-OH is 1. The molecule has 2 N–H and O–H groups in total. The molecule has 0 amide bonds. The second kappa shape index (κ2) is 8.24. The van der Waals surface area contributed by atoms with Crippen LogP contribution in [0.3, 0.4) is 0 Å². The lowest BCUT2D eigenvalue weighted by Crippen LogP contribution is -2.36. The number of benzene rings is 2. The Hall–Kier alpha value is -2.64. The molecule has 1 aliphatic rings. The van der Waals surface area contributed by atoms with Crippen molar-refractivity contribution in [3.63, 3.8) is 0 Å². The first-order chi connectivity index (χ1) is 14.7. The van der Waals surface area contributed by atoms with Gasteiger partial charge in [0.25, 0.3) is 0 Å². The lowest BCUT2D eigenvalue weighted by atomic mass is 9.93. The van der Waals surface area contributed by atoms with Gasteiger partial charge in [0.05, 0.1) is 46.3 Å². The maximum atomic E-state index is 10.2. The average molecular weight is 423 g/mol. The number of aromatic nitrogens is 3. The minimum Gasteiger partial charge on any atom is -0.494 e. The monoisotopic (exact) mass is 422 g/mol. The van der Waals surface area contributed by atoms with Crippen molar-refractivity contribution in [3.8, 4) is 5.75 Å². The van der Waals surface area contributed by atoms with Crippen molar-refractivity contribution < 1.29 is 9.84 Å². The second-order valence-electron chi connectivity index (χ2n) is 7.88. The molecule has 0 radical (unpaired) electrons. The van der Waals surface area contributed by atoms with Crippen LogP contribution in [0, 0.1) is 0 Å². The summed E-state index contributed by atoms with van der Waals surface area (Å²) in [5.41, 5.74) is 4.24. The van der Waals surface area contributed by atoms with Crippen LogP contribution >= 0.6 is 11.3 Å². The molecule has 5 rings (SSSR count). The van der Waals surface area contributed by atoms with Crippen LogP contribution in [0.15, 0.2) is 42.7 Å². The largest absolute Gasteiger partial charge is 0.494 e. The van der Waals surface area contributed by atoms with Gasteiger partial charge in [0.2, 0.25) is 0 Å². The van der Waals surface area contributed by atoms with Crippen molar-refractivity contribution in [2.75, 3.05) is 11.9 Å². The second-order valence-corrected chi connectivity index (χ2v) is 8.91. The number of fused-ring (bicyclic) bond motifs is 2. The quantitative estimate of drug-likeness (QED) is 0.467. The Labute approximate surface area is 179 Å². The van der Waals surface area contributed by atoms with Crippen LogP contribution in [0.5, 0.6) is 5.75 Å². The maximum absolute atomic E-state index is 10.2. The first-order valence-corrected chi connectivity index (χ1v) is 11.4. The maximum Gasteiger partial charge on any atom is 0.184 e. The van der Waals surface area contributed by atoms with Gasteiger partial charge in [-0.3, -0.25) is 0 Å². The molecule has 2 aromatic carbocycles. The first-order valence-electron chi connectivity index (χ1n) is 10.6. The number of nitrogens with one attached hydrogen (secondary N) is 1. The predicted octanol–water partition coefficient (Wildman–Crippen LogP) is 4.81. The topological polar surface area (TPSA) is 72.2 Å². The number of thiazole rings is 1. The number of anilines is 1. The third-order valence-electron chi connectivity index (χ3n) is 5.75. The van der Waals surface area contributed by atoms with E-state index in [-0.39, 0.29) is 12.1 Å². The Morgan fingerprint density at radius 1 is 1.17 bits per heavy atom. The van der Waals surface area contributed by atoms with Gasteiger partial charge in [-0.2, -0.15) is 0 Å². The summed E-state index contributed by atoms with van der Waals surface area (Å²) >= 11 is 1.66. The van der Waals surface area contributed by atoms with Crippen molar-refractivity contribution >= 4 is 37.7 Å². The Morgan fingerprint density at radius 2 is 2.07 bits per heavy atom. The lowest BCUT2D eigenvalue weighted by molar-refractivity contribution is 0.116. The minimum atomic E-state index is -0.279. The van der Waals surface area contributed by atoms with E-state index < -0.39 is 0 Å². The molecule has 1 aliphatic carbocycles. The van der Waals surface area contributed by atoms with Gasteiger partial charge >= 0.3 is 0 Å². The van der Waals surface area contributed by atoms with Gasteiger partial charge in [-0.25, -0.2) is 9.97 Å². The smallest absolute Gasteiger partial charge is 0.184 e. The fourth-order valence-corrected chi connectivity index (χ4v) is 5.18. The van der Waals surface area contributed by atoms with E-state index in [0.717, 1.165) is 64.4 Å². The van der Waals surface area contributed by atoms with E-state index in [1.165, 1.54) is 5.56 Å². The Kier molecular flexibility index (Phi) is 5.31. The lowest BCUT2D eigenvalue weighted by Gasteiger charge is -2.27. The van der Waals surface area contributed by atoms with Gasteiger partial charge in [-0.1, -0.05) is 30.2 Å². The standard InChI is InChI=1S/C23H26N4O2S/c1-2-29-16-8-10-20-19(12-16)24-14-27(20)13-15-7-9-18-22(11-15)30-23(26-18)25-17-5-3-4-6-21(17)28/h7-12,14,17,21,28H,2-6,13H2,1H3,(H,25,26). The van der Waals surface area contributed by atoms with Crippen LogP contribution in [-0.2, 0) is 6.54 Å². The molecule has 4 aromatic rings. The third kappa shape index (κ3) is 3.87. The molecule has 2 unspecified atom stereocenters. The molecule has 1 saturated carbocycles. The molecule has 2 heterocycles. The van der Waals surface area contributed by atoms with Gasteiger partial charge in [0.1, 0.15) is 5.75 Å². The molecule has 2 aromatic heterocycles. The van der Waals surface area contributed by atoms with E-state index >= 15 is 0 Å². The van der Waals surface area contributed by atoms with Gasteiger partial charge < -0.3 is 19.7 Å². The zero-order valence-corrected chi connectivity index (χ0v) is 17.9. The van der Waals surface area contributed by atoms with Gasteiger partial charge in [0.15, 0.2) is 5.13 Å². The fraction of sp³-hybridized carbons (Fsp3) is 0.391. The van der Waals surface area contributed by atoms with E-state index in [9.17, 15) is 5.11 Å². The van der Waals surface area contributed by atoms with Crippen LogP contribution in [-0.4, -0.2) is 38.4 Å². The molecule has 0 bridgehead atoms. The summed E-state index contributed by atoms with van der Waals surface area (Å²) in [6.45, 7) is 3.39. The summed E-state index contributed by atoms with van der Waals surface area (Å²) in [4.78, 5) is 9.26. The number of rotatable bonds is 6. The van der Waals surface area contributed by atoms with Crippen LogP contribution < -0.4 is 10.1 Å². The van der Waals surface area contributed by atoms with Gasteiger partial charge in [-0.05, 0) is 49.6 Å². The van der Waals surface area contributed by atoms with Crippen molar-refractivity contribution in [2.24, 2.45) is 0 Å². The van der Waals surface area contributed by atoms with Crippen LogP contribution in [0.2, 0.25) is 0 Å². The van der Waals surface area contributed by atoms with Crippen LogP contribution in [0.4, 0.5) is 5.13 Å². The molecule has 0 saturated heterocycles. The molecule has 0 aliphatic heterocycles. The van der Waals surface area contributed by atoms with Crippen molar-refractivity contribution in [1.82, 2.24) is 14.5 Å². The SMILES string of the molecule is CCOc1ccc2c(c1)ncn2Cc1ccc2nc(NC3CCCCC3O)sc2c1. The molecule has 30 heavy (non-hydrogen) atoms.